The largest absolute Gasteiger partial charge is 0.507 e. The fourth-order valence-electron chi connectivity index (χ4n) is 4.24. The molecule has 1 amide bonds. The molecule has 8 nitrogen and oxygen atoms in total. The zero-order chi connectivity index (χ0) is 26.5. The van der Waals surface area contributed by atoms with Crippen molar-refractivity contribution in [1.29, 1.82) is 0 Å². The summed E-state index contributed by atoms with van der Waals surface area (Å²) in [5, 5.41) is 11.4. The molecule has 2 heterocycles. The van der Waals surface area contributed by atoms with E-state index in [1.807, 2.05) is 6.07 Å². The van der Waals surface area contributed by atoms with Gasteiger partial charge < -0.3 is 24.2 Å². The van der Waals surface area contributed by atoms with Gasteiger partial charge in [-0.1, -0.05) is 19.9 Å². The van der Waals surface area contributed by atoms with Crippen LogP contribution in [0.3, 0.4) is 0 Å². The first-order chi connectivity index (χ1) is 17.8. The highest BCUT2D eigenvalue weighted by molar-refractivity contribution is 6.46. The minimum Gasteiger partial charge on any atom is -0.507 e. The molecule has 3 aromatic rings. The number of hydrogen-bond acceptors (Lipinski definition) is 7. The molecular weight excluding hydrogens is 472 g/mol. The molecule has 8 heteroatoms. The number of ether oxygens (including phenoxy) is 3. The summed E-state index contributed by atoms with van der Waals surface area (Å²) < 4.78 is 16.7. The van der Waals surface area contributed by atoms with Crippen molar-refractivity contribution in [2.45, 2.75) is 26.4 Å². The van der Waals surface area contributed by atoms with Gasteiger partial charge in [0.05, 0.1) is 32.4 Å². The van der Waals surface area contributed by atoms with Gasteiger partial charge in [-0.15, -0.1) is 0 Å². The summed E-state index contributed by atoms with van der Waals surface area (Å²) in [6.45, 7) is 4.78. The molecule has 1 aromatic heterocycles. The smallest absolute Gasteiger partial charge is 0.295 e. The maximum Gasteiger partial charge on any atom is 0.295 e. The van der Waals surface area contributed by atoms with Crippen LogP contribution in [0.5, 0.6) is 17.2 Å². The number of aromatic nitrogens is 1. The molecule has 1 aliphatic heterocycles. The van der Waals surface area contributed by atoms with Gasteiger partial charge in [-0.2, -0.15) is 0 Å². The molecule has 1 N–H and O–H groups in total. The minimum absolute atomic E-state index is 0.0312. The molecule has 1 fully saturated rings. The summed E-state index contributed by atoms with van der Waals surface area (Å²) in [5.74, 6) is 0.197. The predicted molar refractivity (Wildman–Crippen MR) is 138 cm³/mol. The van der Waals surface area contributed by atoms with Crippen molar-refractivity contribution in [3.05, 3.63) is 89.3 Å². The van der Waals surface area contributed by atoms with E-state index in [0.717, 1.165) is 5.56 Å². The maximum absolute atomic E-state index is 13.4. The highest BCUT2D eigenvalue weighted by Gasteiger charge is 2.47. The third kappa shape index (κ3) is 5.43. The number of aliphatic hydroxyl groups excluding tert-OH is 1. The van der Waals surface area contributed by atoms with Gasteiger partial charge in [0, 0.05) is 30.1 Å². The zero-order valence-corrected chi connectivity index (χ0v) is 21.3. The van der Waals surface area contributed by atoms with Gasteiger partial charge in [0.2, 0.25) is 0 Å². The van der Waals surface area contributed by atoms with Gasteiger partial charge in [-0.25, -0.2) is 0 Å². The number of aliphatic hydroxyl groups is 1. The summed E-state index contributed by atoms with van der Waals surface area (Å²) in [4.78, 5) is 32.2. The topological polar surface area (TPSA) is 98.2 Å². The molecule has 0 saturated carbocycles. The van der Waals surface area contributed by atoms with Crippen LogP contribution in [0.2, 0.25) is 0 Å². The predicted octanol–water partition coefficient (Wildman–Crippen LogP) is 4.76. The fraction of sp³-hybridized carbons (Fsp3) is 0.276. The number of methoxy groups -OCH3 is 2. The van der Waals surface area contributed by atoms with E-state index in [-0.39, 0.29) is 17.9 Å². The van der Waals surface area contributed by atoms with E-state index >= 15 is 0 Å². The van der Waals surface area contributed by atoms with E-state index < -0.39 is 17.7 Å². The van der Waals surface area contributed by atoms with Crippen LogP contribution in [0.1, 0.15) is 36.6 Å². The summed E-state index contributed by atoms with van der Waals surface area (Å²) in [6.07, 6.45) is 3.27. The molecule has 2 aromatic carbocycles. The fourth-order valence-corrected chi connectivity index (χ4v) is 4.24. The first-order valence-electron chi connectivity index (χ1n) is 12.0. The van der Waals surface area contributed by atoms with Crippen LogP contribution in [-0.2, 0) is 16.1 Å². The molecule has 0 spiro atoms. The summed E-state index contributed by atoms with van der Waals surface area (Å²) >= 11 is 0. The van der Waals surface area contributed by atoms with Gasteiger partial charge in [0.15, 0.2) is 0 Å². The van der Waals surface area contributed by atoms with Crippen molar-refractivity contribution in [2.75, 3.05) is 20.8 Å². The van der Waals surface area contributed by atoms with Crippen LogP contribution >= 0.6 is 0 Å². The Bertz CT molecular complexity index is 1300. The second-order valence-corrected chi connectivity index (χ2v) is 9.13. The Kier molecular flexibility index (Phi) is 7.77. The van der Waals surface area contributed by atoms with Crippen molar-refractivity contribution in [3.8, 4) is 17.2 Å². The average Bonchev–Trinajstić information content (AvgIpc) is 3.16. The standard InChI is InChI=1S/C29H30N2O6/c1-18(2)17-37-21-9-7-20(8-10-21)27(32)25-26(23-14-22(35-3)11-12-24(23)36-4)31(29(34)28(25)33)16-19-6-5-13-30-15-19/h5-15,18,26,32H,16-17H2,1-4H3/b27-25+/t26-/m0/s1. The Morgan fingerprint density at radius 1 is 1.03 bits per heavy atom. The van der Waals surface area contributed by atoms with Gasteiger partial charge in [0.25, 0.3) is 11.7 Å². The first-order valence-corrected chi connectivity index (χ1v) is 12.0. The lowest BCUT2D eigenvalue weighted by Gasteiger charge is -2.27. The monoisotopic (exact) mass is 502 g/mol. The number of carbonyl (C=O) groups is 2. The summed E-state index contributed by atoms with van der Waals surface area (Å²) in [6, 6.07) is 14.6. The molecular formula is C29H30N2O6. The normalized spacial score (nSPS) is 16.8. The third-order valence-electron chi connectivity index (χ3n) is 6.06. The number of hydrogen-bond donors (Lipinski definition) is 1. The van der Waals surface area contributed by atoms with E-state index in [0.29, 0.717) is 40.9 Å². The van der Waals surface area contributed by atoms with Gasteiger partial charge in [-0.3, -0.25) is 14.6 Å². The lowest BCUT2D eigenvalue weighted by molar-refractivity contribution is -0.140. The maximum atomic E-state index is 13.4. The number of ketones is 1. The highest BCUT2D eigenvalue weighted by Crippen LogP contribution is 2.44. The van der Waals surface area contributed by atoms with Crippen LogP contribution in [0.25, 0.3) is 5.76 Å². The second kappa shape index (κ2) is 11.2. The zero-order valence-electron chi connectivity index (χ0n) is 21.3. The molecule has 37 heavy (non-hydrogen) atoms. The first kappa shape index (κ1) is 25.8. The van der Waals surface area contributed by atoms with Crippen molar-refractivity contribution in [3.63, 3.8) is 0 Å². The second-order valence-electron chi connectivity index (χ2n) is 9.13. The van der Waals surface area contributed by atoms with Crippen molar-refractivity contribution in [2.24, 2.45) is 5.92 Å². The van der Waals surface area contributed by atoms with Crippen LogP contribution in [0.15, 0.2) is 72.6 Å². The summed E-state index contributed by atoms with van der Waals surface area (Å²) in [7, 11) is 3.04. The van der Waals surface area contributed by atoms with E-state index in [1.54, 1.807) is 60.9 Å². The Labute approximate surface area is 216 Å². The molecule has 0 bridgehead atoms. The lowest BCUT2D eigenvalue weighted by atomic mass is 9.94. The number of likely N-dealkylation sites (tertiary alicyclic amines) is 1. The van der Waals surface area contributed by atoms with Crippen LogP contribution in [-0.4, -0.2) is 47.5 Å². The number of pyridine rings is 1. The number of benzene rings is 2. The SMILES string of the molecule is COc1ccc(OC)c([C@H]2/C(=C(\O)c3ccc(OCC(C)C)cc3)C(=O)C(=O)N2Cc2cccnc2)c1. The van der Waals surface area contributed by atoms with E-state index in [1.165, 1.54) is 19.1 Å². The molecule has 0 unspecified atom stereocenters. The van der Waals surface area contributed by atoms with E-state index in [2.05, 4.69) is 18.8 Å². The Morgan fingerprint density at radius 3 is 2.38 bits per heavy atom. The highest BCUT2D eigenvalue weighted by atomic mass is 16.5. The van der Waals surface area contributed by atoms with E-state index in [4.69, 9.17) is 14.2 Å². The van der Waals surface area contributed by atoms with Gasteiger partial charge in [-0.05, 0) is 60.0 Å². The molecule has 4 rings (SSSR count). The third-order valence-corrected chi connectivity index (χ3v) is 6.06. The lowest BCUT2D eigenvalue weighted by Crippen LogP contribution is -2.29. The molecule has 192 valence electrons. The number of rotatable bonds is 9. The number of Topliss-reactive ketones (excluding diaryl/α,β-unsaturated/α-hetero) is 1. The number of amides is 1. The van der Waals surface area contributed by atoms with Crippen molar-refractivity contribution in [1.82, 2.24) is 9.88 Å². The molecule has 0 radical (unpaired) electrons. The molecule has 1 aliphatic rings. The Hall–Kier alpha value is -4.33. The number of nitrogens with zero attached hydrogens (tertiary/aromatic N) is 2. The minimum atomic E-state index is -0.915. The van der Waals surface area contributed by atoms with Crippen LogP contribution in [0, 0.1) is 5.92 Å². The Balaban J connectivity index is 1.83. The van der Waals surface area contributed by atoms with Crippen LogP contribution in [0.4, 0.5) is 0 Å². The average molecular weight is 503 g/mol. The van der Waals surface area contributed by atoms with Crippen molar-refractivity contribution < 1.29 is 28.9 Å². The molecule has 1 saturated heterocycles. The Morgan fingerprint density at radius 2 is 1.76 bits per heavy atom. The molecule has 1 atom stereocenters. The van der Waals surface area contributed by atoms with Gasteiger partial charge >= 0.3 is 0 Å². The van der Waals surface area contributed by atoms with Gasteiger partial charge in [0.1, 0.15) is 23.0 Å². The van der Waals surface area contributed by atoms with Crippen molar-refractivity contribution >= 4 is 17.4 Å². The van der Waals surface area contributed by atoms with Crippen LogP contribution < -0.4 is 14.2 Å². The molecule has 0 aliphatic carbocycles. The number of carbonyl (C=O) groups excluding carboxylic acids is 2. The quantitative estimate of drug-likeness (QED) is 0.256. The van der Waals surface area contributed by atoms with E-state index in [9.17, 15) is 14.7 Å². The summed E-state index contributed by atoms with van der Waals surface area (Å²) in [5.41, 5.74) is 1.62.